The largest absolute Gasteiger partial charge is 0.507 e. The predicted octanol–water partition coefficient (Wildman–Crippen LogP) is 5.16. The molecule has 0 radical (unpaired) electrons. The molecule has 0 spiro atoms. The molecule has 228 valence electrons. The molecule has 3 aromatic rings. The molecule has 12 heteroatoms. The molecule has 3 heterocycles. The number of amides is 1. The molecule has 1 aromatic heterocycles. The standard InChI is InChI=1S/C32H30N2O9S/c1-5-12-40-21-10-8-19(16-23(21)39-7-3)26-25(27(35)20-9-11-22-24(17-20)42-15-14-41-22)28(36)30(37)34(26)32-33-18(4)29(44-32)31(38)43-13-6-2/h5-6,8-11,16-17,26,35H,1-2,7,12-15H2,3-4H3. The first-order valence-corrected chi connectivity index (χ1v) is 14.6. The lowest BCUT2D eigenvalue weighted by Gasteiger charge is -2.24. The van der Waals surface area contributed by atoms with Crippen LogP contribution in [0, 0.1) is 6.92 Å². The van der Waals surface area contributed by atoms with Crippen molar-refractivity contribution in [3.8, 4) is 23.0 Å². The zero-order valence-corrected chi connectivity index (χ0v) is 25.0. The Morgan fingerprint density at radius 3 is 2.55 bits per heavy atom. The Balaban J connectivity index is 1.68. The van der Waals surface area contributed by atoms with E-state index in [4.69, 9.17) is 23.7 Å². The molecule has 1 fully saturated rings. The molecule has 11 nitrogen and oxygen atoms in total. The highest BCUT2D eigenvalue weighted by Gasteiger charge is 2.49. The Labute approximate surface area is 257 Å². The van der Waals surface area contributed by atoms with E-state index in [9.17, 15) is 19.5 Å². The smallest absolute Gasteiger partial charge is 0.350 e. The summed E-state index contributed by atoms with van der Waals surface area (Å²) in [4.78, 5) is 45.9. The minimum atomic E-state index is -1.14. The van der Waals surface area contributed by atoms with E-state index in [0.29, 0.717) is 54.1 Å². The van der Waals surface area contributed by atoms with Crippen molar-refractivity contribution in [3.63, 3.8) is 0 Å². The van der Waals surface area contributed by atoms with E-state index < -0.39 is 29.5 Å². The van der Waals surface area contributed by atoms with Crippen molar-refractivity contribution >= 4 is 39.9 Å². The molecule has 1 amide bonds. The molecule has 1 atom stereocenters. The fraction of sp³-hybridized carbons (Fsp3) is 0.250. The highest BCUT2D eigenvalue weighted by molar-refractivity contribution is 7.17. The van der Waals surface area contributed by atoms with Gasteiger partial charge in [0, 0.05) is 5.56 Å². The number of aromatic nitrogens is 1. The molecule has 1 unspecified atom stereocenters. The number of ketones is 1. The summed E-state index contributed by atoms with van der Waals surface area (Å²) < 4.78 is 28.0. The van der Waals surface area contributed by atoms with Crippen LogP contribution in [0.3, 0.4) is 0 Å². The number of nitrogens with zero attached hydrogens (tertiary/aromatic N) is 2. The number of fused-ring (bicyclic) bond motifs is 1. The topological polar surface area (TPSA) is 134 Å². The average molecular weight is 619 g/mol. The van der Waals surface area contributed by atoms with Crippen LogP contribution in [0.2, 0.25) is 0 Å². The second kappa shape index (κ2) is 13.0. The second-order valence-corrected chi connectivity index (χ2v) is 10.5. The molecule has 5 rings (SSSR count). The molecule has 44 heavy (non-hydrogen) atoms. The van der Waals surface area contributed by atoms with Gasteiger partial charge in [0.25, 0.3) is 5.78 Å². The number of carbonyl (C=O) groups excluding carboxylic acids is 3. The van der Waals surface area contributed by atoms with E-state index in [1.807, 2.05) is 6.92 Å². The fourth-order valence-electron chi connectivity index (χ4n) is 4.80. The molecular weight excluding hydrogens is 588 g/mol. The molecule has 0 aliphatic carbocycles. The molecule has 2 aliphatic heterocycles. The number of Topliss-reactive ketones (excluding diaryl/α,β-unsaturated/α-hetero) is 1. The SMILES string of the molecule is C=CCOC(=O)c1sc(N2C(=O)C(=O)C(=C(O)c3ccc4c(c3)OCCO4)C2c2ccc(OCC=C)c(OCC)c2)nc1C. The van der Waals surface area contributed by atoms with Gasteiger partial charge < -0.3 is 28.8 Å². The van der Waals surface area contributed by atoms with E-state index in [1.165, 1.54) is 11.0 Å². The van der Waals surface area contributed by atoms with Gasteiger partial charge in [0.05, 0.1) is 23.9 Å². The molecule has 0 bridgehead atoms. The van der Waals surface area contributed by atoms with Gasteiger partial charge >= 0.3 is 11.9 Å². The van der Waals surface area contributed by atoms with Gasteiger partial charge in [-0.05, 0) is 49.7 Å². The van der Waals surface area contributed by atoms with Crippen LogP contribution in [0.4, 0.5) is 5.13 Å². The molecule has 1 N–H and O–H groups in total. The number of hydrogen-bond donors (Lipinski definition) is 1. The van der Waals surface area contributed by atoms with Crippen LogP contribution in [-0.4, -0.2) is 60.8 Å². The fourth-order valence-corrected chi connectivity index (χ4v) is 5.78. The molecule has 1 saturated heterocycles. The van der Waals surface area contributed by atoms with E-state index in [-0.39, 0.29) is 34.4 Å². The number of aliphatic hydroxyl groups is 1. The highest BCUT2D eigenvalue weighted by atomic mass is 32.1. The van der Waals surface area contributed by atoms with Gasteiger partial charge in [-0.3, -0.25) is 14.5 Å². The van der Waals surface area contributed by atoms with Crippen LogP contribution in [0.5, 0.6) is 23.0 Å². The van der Waals surface area contributed by atoms with Gasteiger partial charge in [0.15, 0.2) is 28.1 Å². The van der Waals surface area contributed by atoms with Crippen LogP contribution < -0.4 is 23.8 Å². The van der Waals surface area contributed by atoms with Crippen molar-refractivity contribution in [1.82, 2.24) is 4.98 Å². The Morgan fingerprint density at radius 2 is 1.82 bits per heavy atom. The average Bonchev–Trinajstić information content (AvgIpc) is 3.54. The van der Waals surface area contributed by atoms with E-state index >= 15 is 0 Å². The van der Waals surface area contributed by atoms with Crippen LogP contribution in [0.15, 0.2) is 67.3 Å². The lowest BCUT2D eigenvalue weighted by Crippen LogP contribution is -2.29. The lowest BCUT2D eigenvalue weighted by molar-refractivity contribution is -0.132. The summed E-state index contributed by atoms with van der Waals surface area (Å²) in [5, 5.41) is 11.7. The van der Waals surface area contributed by atoms with Gasteiger partial charge in [-0.1, -0.05) is 42.7 Å². The number of carbonyl (C=O) groups is 3. The predicted molar refractivity (Wildman–Crippen MR) is 163 cm³/mol. The number of anilines is 1. The van der Waals surface area contributed by atoms with Crippen LogP contribution in [0.1, 0.15) is 39.5 Å². The quantitative estimate of drug-likeness (QED) is 0.101. The number of ether oxygens (including phenoxy) is 5. The highest BCUT2D eigenvalue weighted by Crippen LogP contribution is 2.46. The minimum Gasteiger partial charge on any atom is -0.507 e. The summed E-state index contributed by atoms with van der Waals surface area (Å²) >= 11 is 0.902. The van der Waals surface area contributed by atoms with E-state index in [1.54, 1.807) is 49.4 Å². The van der Waals surface area contributed by atoms with Crippen molar-refractivity contribution in [2.45, 2.75) is 19.9 Å². The molecule has 2 aliphatic rings. The van der Waals surface area contributed by atoms with Crippen molar-refractivity contribution < 1.29 is 43.2 Å². The van der Waals surface area contributed by atoms with Crippen molar-refractivity contribution in [3.05, 3.63) is 89.0 Å². The van der Waals surface area contributed by atoms with Crippen LogP contribution in [0.25, 0.3) is 5.76 Å². The molecule has 2 aromatic carbocycles. The zero-order chi connectivity index (χ0) is 31.4. The second-order valence-electron chi connectivity index (χ2n) is 9.56. The third kappa shape index (κ3) is 5.76. The summed E-state index contributed by atoms with van der Waals surface area (Å²) in [6, 6.07) is 8.57. The summed E-state index contributed by atoms with van der Waals surface area (Å²) in [6.45, 7) is 11.9. The summed E-state index contributed by atoms with van der Waals surface area (Å²) in [5.74, 6) is -1.25. The maximum absolute atomic E-state index is 13.7. The maximum atomic E-state index is 13.7. The van der Waals surface area contributed by atoms with Crippen LogP contribution >= 0.6 is 11.3 Å². The Bertz CT molecular complexity index is 1680. The first-order valence-electron chi connectivity index (χ1n) is 13.8. The van der Waals surface area contributed by atoms with E-state index in [2.05, 4.69) is 18.1 Å². The number of hydrogen-bond acceptors (Lipinski definition) is 11. The monoisotopic (exact) mass is 618 g/mol. The number of aryl methyl sites for hydroxylation is 1. The lowest BCUT2D eigenvalue weighted by atomic mass is 9.95. The van der Waals surface area contributed by atoms with Gasteiger partial charge in [-0.25, -0.2) is 9.78 Å². The van der Waals surface area contributed by atoms with Gasteiger partial charge in [-0.2, -0.15) is 0 Å². The van der Waals surface area contributed by atoms with Gasteiger partial charge in [0.1, 0.15) is 37.1 Å². The Kier molecular flexibility index (Phi) is 9.00. The van der Waals surface area contributed by atoms with Gasteiger partial charge in [-0.15, -0.1) is 0 Å². The van der Waals surface area contributed by atoms with Crippen molar-refractivity contribution in [2.24, 2.45) is 0 Å². The molecule has 0 saturated carbocycles. The van der Waals surface area contributed by atoms with Crippen LogP contribution in [-0.2, 0) is 14.3 Å². The number of benzene rings is 2. The summed E-state index contributed by atoms with van der Waals surface area (Å²) in [5.41, 5.74) is 0.811. The van der Waals surface area contributed by atoms with E-state index in [0.717, 1.165) is 11.3 Å². The van der Waals surface area contributed by atoms with Crippen molar-refractivity contribution in [1.29, 1.82) is 0 Å². The first-order chi connectivity index (χ1) is 21.3. The number of rotatable bonds is 11. The Hall–Kier alpha value is -5.10. The number of thiazole rings is 1. The first kappa shape index (κ1) is 30.4. The van der Waals surface area contributed by atoms with Gasteiger partial charge in [0.2, 0.25) is 0 Å². The minimum absolute atomic E-state index is 0.00790. The van der Waals surface area contributed by atoms with Crippen molar-refractivity contribution in [2.75, 3.05) is 37.9 Å². The Morgan fingerprint density at radius 1 is 1.07 bits per heavy atom. The summed E-state index contributed by atoms with van der Waals surface area (Å²) in [7, 11) is 0. The normalized spacial score (nSPS) is 16.9. The maximum Gasteiger partial charge on any atom is 0.350 e. The summed E-state index contributed by atoms with van der Waals surface area (Å²) in [6.07, 6.45) is 3.03. The third-order valence-corrected chi connectivity index (χ3v) is 7.85. The third-order valence-electron chi connectivity index (χ3n) is 6.71. The zero-order valence-electron chi connectivity index (χ0n) is 24.2. The molecular formula is C32H30N2O9S. The number of esters is 1. The number of aliphatic hydroxyl groups excluding tert-OH is 1.